The van der Waals surface area contributed by atoms with Gasteiger partial charge in [0.1, 0.15) is 5.75 Å². The number of aromatic nitrogens is 2. The van der Waals surface area contributed by atoms with Crippen molar-refractivity contribution in [2.45, 2.75) is 6.54 Å². The lowest BCUT2D eigenvalue weighted by atomic mass is 10.2. The summed E-state index contributed by atoms with van der Waals surface area (Å²) in [5.74, 6) is 0.495. The van der Waals surface area contributed by atoms with Gasteiger partial charge in [-0.2, -0.15) is 5.10 Å². The summed E-state index contributed by atoms with van der Waals surface area (Å²) in [6.45, 7) is 0.540. The molecule has 1 amide bonds. The van der Waals surface area contributed by atoms with E-state index in [2.05, 4.69) is 21.3 Å². The molecular formula is C14H17N5O2S. The Bertz CT molecular complexity index is 654. The van der Waals surface area contributed by atoms with E-state index in [1.165, 1.54) is 6.20 Å². The first kappa shape index (κ1) is 15.8. The number of nitrogens with zero attached hydrogens (tertiary/aromatic N) is 2. The van der Waals surface area contributed by atoms with E-state index in [1.807, 2.05) is 24.3 Å². The molecule has 0 aliphatic rings. The molecule has 1 aromatic heterocycles. The first-order valence-corrected chi connectivity index (χ1v) is 6.95. The van der Waals surface area contributed by atoms with Gasteiger partial charge in [-0.25, -0.2) is 0 Å². The van der Waals surface area contributed by atoms with Gasteiger partial charge in [-0.15, -0.1) is 0 Å². The van der Waals surface area contributed by atoms with E-state index in [0.717, 1.165) is 11.3 Å². The van der Waals surface area contributed by atoms with Crippen LogP contribution >= 0.6 is 12.2 Å². The Morgan fingerprint density at radius 3 is 2.64 bits per heavy atom. The summed E-state index contributed by atoms with van der Waals surface area (Å²) in [6.07, 6.45) is 3.09. The second-order valence-corrected chi connectivity index (χ2v) is 4.92. The van der Waals surface area contributed by atoms with Crippen LogP contribution in [0.5, 0.6) is 5.75 Å². The van der Waals surface area contributed by atoms with Crippen LogP contribution in [0.3, 0.4) is 0 Å². The number of nitrogens with one attached hydrogen (secondary N) is 3. The van der Waals surface area contributed by atoms with Crippen LogP contribution in [0.15, 0.2) is 36.7 Å². The lowest BCUT2D eigenvalue weighted by Gasteiger charge is -2.11. The highest BCUT2D eigenvalue weighted by Crippen LogP contribution is 2.10. The minimum Gasteiger partial charge on any atom is -0.497 e. The molecule has 0 unspecified atom stereocenters. The van der Waals surface area contributed by atoms with Crippen LogP contribution < -0.4 is 20.9 Å². The molecule has 7 nitrogen and oxygen atoms in total. The largest absolute Gasteiger partial charge is 0.497 e. The number of amides is 1. The second kappa shape index (κ2) is 7.41. The fourth-order valence-corrected chi connectivity index (χ4v) is 1.82. The molecule has 0 radical (unpaired) electrons. The number of carbonyl (C=O) groups excluding carboxylic acids is 1. The first-order valence-electron chi connectivity index (χ1n) is 6.54. The predicted molar refractivity (Wildman–Crippen MR) is 86.2 cm³/mol. The van der Waals surface area contributed by atoms with Gasteiger partial charge in [0.05, 0.1) is 18.9 Å². The van der Waals surface area contributed by atoms with Crippen molar-refractivity contribution in [1.29, 1.82) is 0 Å². The SMILES string of the molecule is COc1ccc(CNC(=S)NNC(=O)c2cnn(C)c2)cc1. The molecule has 0 saturated heterocycles. The number of hydrazine groups is 1. The van der Waals surface area contributed by atoms with Crippen molar-refractivity contribution in [2.24, 2.45) is 7.05 Å². The molecular weight excluding hydrogens is 302 g/mol. The van der Waals surface area contributed by atoms with Crippen molar-refractivity contribution < 1.29 is 9.53 Å². The quantitative estimate of drug-likeness (QED) is 0.570. The maximum absolute atomic E-state index is 11.8. The van der Waals surface area contributed by atoms with Crippen molar-refractivity contribution in [3.05, 3.63) is 47.8 Å². The molecule has 2 rings (SSSR count). The number of aryl methyl sites for hydroxylation is 1. The highest BCUT2D eigenvalue weighted by atomic mass is 32.1. The minimum absolute atomic E-state index is 0.304. The number of hydrogen-bond donors (Lipinski definition) is 3. The third kappa shape index (κ3) is 4.45. The lowest BCUT2D eigenvalue weighted by Crippen LogP contribution is -2.46. The maximum Gasteiger partial charge on any atom is 0.272 e. The maximum atomic E-state index is 11.8. The van der Waals surface area contributed by atoms with Crippen LogP contribution in [0, 0.1) is 0 Å². The molecule has 0 saturated carbocycles. The molecule has 0 atom stereocenters. The van der Waals surface area contributed by atoms with Crippen molar-refractivity contribution in [2.75, 3.05) is 7.11 Å². The molecule has 22 heavy (non-hydrogen) atoms. The van der Waals surface area contributed by atoms with Gasteiger partial charge in [0.15, 0.2) is 5.11 Å². The van der Waals surface area contributed by atoms with E-state index in [4.69, 9.17) is 17.0 Å². The topological polar surface area (TPSA) is 80.2 Å². The minimum atomic E-state index is -0.304. The van der Waals surface area contributed by atoms with Crippen LogP contribution in [0.4, 0.5) is 0 Å². The van der Waals surface area contributed by atoms with Gasteiger partial charge in [0.2, 0.25) is 0 Å². The molecule has 0 aliphatic carbocycles. The summed E-state index contributed by atoms with van der Waals surface area (Å²) in [5, 5.41) is 7.24. The van der Waals surface area contributed by atoms with Gasteiger partial charge < -0.3 is 10.1 Å². The van der Waals surface area contributed by atoms with Crippen LogP contribution in [-0.2, 0) is 13.6 Å². The zero-order valence-electron chi connectivity index (χ0n) is 12.3. The van der Waals surface area contributed by atoms with Crippen molar-refractivity contribution in [1.82, 2.24) is 25.9 Å². The molecule has 3 N–H and O–H groups in total. The summed E-state index contributed by atoms with van der Waals surface area (Å²) >= 11 is 5.09. The van der Waals surface area contributed by atoms with Crippen LogP contribution in [-0.4, -0.2) is 27.9 Å². The molecule has 0 bridgehead atoms. The second-order valence-electron chi connectivity index (χ2n) is 4.51. The van der Waals surface area contributed by atoms with Gasteiger partial charge in [0, 0.05) is 19.8 Å². The van der Waals surface area contributed by atoms with E-state index in [0.29, 0.717) is 17.2 Å². The molecule has 0 aliphatic heterocycles. The van der Waals surface area contributed by atoms with Crippen LogP contribution in [0.25, 0.3) is 0 Å². The summed E-state index contributed by atoms with van der Waals surface area (Å²) in [4.78, 5) is 11.8. The number of methoxy groups -OCH3 is 1. The smallest absolute Gasteiger partial charge is 0.272 e. The summed E-state index contributed by atoms with van der Waals surface area (Å²) < 4.78 is 6.64. The Labute approximate surface area is 133 Å². The molecule has 0 spiro atoms. The number of hydrogen-bond acceptors (Lipinski definition) is 4. The zero-order chi connectivity index (χ0) is 15.9. The number of ether oxygens (including phenoxy) is 1. The fourth-order valence-electron chi connectivity index (χ4n) is 1.69. The number of rotatable bonds is 4. The normalized spacial score (nSPS) is 9.91. The molecule has 0 fully saturated rings. The predicted octanol–water partition coefficient (Wildman–Crippen LogP) is 0.738. The first-order chi connectivity index (χ1) is 10.6. The highest BCUT2D eigenvalue weighted by molar-refractivity contribution is 7.80. The molecule has 8 heteroatoms. The van der Waals surface area contributed by atoms with Gasteiger partial charge in [-0.1, -0.05) is 12.1 Å². The summed E-state index contributed by atoms with van der Waals surface area (Å²) in [7, 11) is 3.36. The van der Waals surface area contributed by atoms with Crippen molar-refractivity contribution in [3.63, 3.8) is 0 Å². The van der Waals surface area contributed by atoms with E-state index in [9.17, 15) is 4.79 Å². The van der Waals surface area contributed by atoms with Crippen molar-refractivity contribution >= 4 is 23.2 Å². The zero-order valence-corrected chi connectivity index (χ0v) is 13.1. The van der Waals surface area contributed by atoms with Gasteiger partial charge >= 0.3 is 0 Å². The Morgan fingerprint density at radius 2 is 2.05 bits per heavy atom. The van der Waals surface area contributed by atoms with Crippen LogP contribution in [0.2, 0.25) is 0 Å². The van der Waals surface area contributed by atoms with Gasteiger partial charge in [-0.05, 0) is 29.9 Å². The number of carbonyl (C=O) groups is 1. The Kier molecular flexibility index (Phi) is 5.31. The molecule has 116 valence electrons. The van der Waals surface area contributed by atoms with Gasteiger partial charge in [0.25, 0.3) is 5.91 Å². The van der Waals surface area contributed by atoms with Crippen molar-refractivity contribution in [3.8, 4) is 5.75 Å². The van der Waals surface area contributed by atoms with E-state index >= 15 is 0 Å². The highest BCUT2D eigenvalue weighted by Gasteiger charge is 2.07. The summed E-state index contributed by atoms with van der Waals surface area (Å²) in [6, 6.07) is 7.61. The van der Waals surface area contributed by atoms with E-state index in [1.54, 1.807) is 25.0 Å². The van der Waals surface area contributed by atoms with E-state index in [-0.39, 0.29) is 5.91 Å². The van der Waals surface area contributed by atoms with Crippen LogP contribution in [0.1, 0.15) is 15.9 Å². The average molecular weight is 319 g/mol. The Balaban J connectivity index is 1.74. The standard InChI is InChI=1S/C14H17N5O2S/c1-19-9-11(8-16-19)13(20)17-18-14(22)15-7-10-3-5-12(21-2)6-4-10/h3-6,8-9H,7H2,1-2H3,(H,17,20)(H2,15,18,22). The molecule has 1 heterocycles. The number of thiocarbonyl (C=S) groups is 1. The Morgan fingerprint density at radius 1 is 1.32 bits per heavy atom. The fraction of sp³-hybridized carbons (Fsp3) is 0.214. The Hall–Kier alpha value is -2.61. The summed E-state index contributed by atoms with van der Waals surface area (Å²) in [5.41, 5.74) is 6.64. The molecule has 1 aromatic carbocycles. The number of benzene rings is 1. The third-order valence-corrected chi connectivity index (χ3v) is 3.12. The van der Waals surface area contributed by atoms with Gasteiger partial charge in [-0.3, -0.25) is 20.3 Å². The third-order valence-electron chi connectivity index (χ3n) is 2.87. The lowest BCUT2D eigenvalue weighted by molar-refractivity contribution is 0.0943. The molecule has 2 aromatic rings. The average Bonchev–Trinajstić information content (AvgIpc) is 2.97. The van der Waals surface area contributed by atoms with E-state index < -0.39 is 0 Å². The monoisotopic (exact) mass is 319 g/mol.